The van der Waals surface area contributed by atoms with Crippen LogP contribution < -0.4 is 29.6 Å². The molecule has 4 nitrogen and oxygen atoms in total. The Kier molecular flexibility index (Phi) is 10.3. The Morgan fingerprint density at radius 3 is 2.34 bits per heavy atom. The molecule has 0 spiro atoms. The smallest absolute Gasteiger partial charge is 0.507 e. The van der Waals surface area contributed by atoms with Gasteiger partial charge in [0.05, 0.1) is 5.56 Å². The van der Waals surface area contributed by atoms with Gasteiger partial charge < -0.3 is 28.2 Å². The Hall–Kier alpha value is -1.41. The molecule has 152 valence electrons. The van der Waals surface area contributed by atoms with Gasteiger partial charge in [-0.3, -0.25) is 0 Å². The molecule has 1 aliphatic heterocycles. The molecule has 29 heavy (non-hydrogen) atoms. The quantitative estimate of drug-likeness (QED) is 0.616. The molecule has 0 amide bonds. The fourth-order valence-corrected chi connectivity index (χ4v) is 3.09. The van der Waals surface area contributed by atoms with Gasteiger partial charge in [-0.25, -0.2) is 11.2 Å². The number of aromatic nitrogens is 2. The molecule has 1 fully saturated rings. The van der Waals surface area contributed by atoms with Crippen LogP contribution in [-0.4, -0.2) is 39.8 Å². The second-order valence-electron chi connectivity index (χ2n) is 6.64. The maximum Gasteiger partial charge on any atom is 1.00 e. The molecule has 2 aromatic rings. The van der Waals surface area contributed by atoms with Crippen molar-refractivity contribution in [3.63, 3.8) is 0 Å². The minimum absolute atomic E-state index is 0. The average Bonchev–Trinajstić information content (AvgIpc) is 2.68. The van der Waals surface area contributed by atoms with Crippen LogP contribution in [0.1, 0.15) is 42.9 Å². The third-order valence-electron chi connectivity index (χ3n) is 4.60. The van der Waals surface area contributed by atoms with Gasteiger partial charge in [0, 0.05) is 11.3 Å². The third kappa shape index (κ3) is 7.41. The Labute approximate surface area is 192 Å². The first kappa shape index (κ1) is 25.6. The van der Waals surface area contributed by atoms with Gasteiger partial charge in [0.1, 0.15) is 5.75 Å². The molecule has 0 aliphatic carbocycles. The number of aryl methyl sites for hydroxylation is 1. The van der Waals surface area contributed by atoms with Crippen LogP contribution in [0.15, 0.2) is 18.2 Å². The Morgan fingerprint density at radius 1 is 1.21 bits per heavy atom. The number of phenols is 1. The van der Waals surface area contributed by atoms with Crippen LogP contribution in [0.2, 0.25) is 0 Å². The first-order valence-electron chi connectivity index (χ1n) is 9.20. The first-order valence-corrected chi connectivity index (χ1v) is 9.20. The van der Waals surface area contributed by atoms with Gasteiger partial charge in [-0.05, 0) is 57.1 Å². The molecule has 2 heterocycles. The van der Waals surface area contributed by atoms with Crippen LogP contribution in [0.25, 0.3) is 17.3 Å². The zero-order chi connectivity index (χ0) is 20.7. The number of likely N-dealkylation sites (tertiary alicyclic amines) is 1. The third-order valence-corrected chi connectivity index (χ3v) is 4.60. The Bertz CT molecular complexity index is 783. The van der Waals surface area contributed by atoms with Crippen LogP contribution in [0.5, 0.6) is 5.75 Å². The summed E-state index contributed by atoms with van der Waals surface area (Å²) in [6, 6.07) is 3.08. The minimum atomic E-state index is -4.52. The summed E-state index contributed by atoms with van der Waals surface area (Å²) in [4.78, 5) is 2.52. The summed E-state index contributed by atoms with van der Waals surface area (Å²) < 4.78 is 37.9. The van der Waals surface area contributed by atoms with Crippen LogP contribution in [0.3, 0.4) is 0 Å². The number of benzene rings is 1. The molecule has 0 saturated carbocycles. The van der Waals surface area contributed by atoms with E-state index in [2.05, 4.69) is 28.2 Å². The van der Waals surface area contributed by atoms with Crippen molar-refractivity contribution < 1.29 is 47.8 Å². The molecule has 0 bridgehead atoms. The maximum absolute atomic E-state index is 12.6. The molecule has 1 aromatic heterocycles. The molecule has 0 radical (unpaired) electrons. The van der Waals surface area contributed by atoms with E-state index < -0.39 is 17.5 Å². The number of piperidine rings is 1. The summed E-state index contributed by atoms with van der Waals surface area (Å²) in [6.45, 7) is 13.0. The largest absolute Gasteiger partial charge is 1.00 e. The second kappa shape index (κ2) is 11.7. The van der Waals surface area contributed by atoms with Gasteiger partial charge in [-0.15, -0.1) is 6.20 Å². The summed E-state index contributed by atoms with van der Waals surface area (Å²) >= 11 is 0. The van der Waals surface area contributed by atoms with Crippen molar-refractivity contribution in [2.45, 2.75) is 39.3 Å². The molecule has 1 saturated heterocycles. The van der Waals surface area contributed by atoms with Gasteiger partial charge in [-0.1, -0.05) is 13.3 Å². The standard InChI is InChI=1S/C14H9F3N2O.C7H15N.Na/c1-3-9-5-11(19-18-7-9)13-8(2)4-10(6-12(13)20)14(15,16)17;1-2-8-6-4-3-5-7-8;/h1,3-6,20H,2H3;2-7H2,1H3;/q-2;;+1. The fourth-order valence-electron chi connectivity index (χ4n) is 3.09. The SMILES string of the molecule is CCN1CCCCC1.[CH-]=Cc1[c-]nnc(-c2c(C)cc(C(F)(F)F)cc2O)c1.[Na+]. The molecule has 3 rings (SSSR count). The Morgan fingerprint density at radius 2 is 1.86 bits per heavy atom. The summed E-state index contributed by atoms with van der Waals surface area (Å²) in [7, 11) is 0. The number of phenolic OH excluding ortho intramolecular Hbond substituents is 1. The number of hydrogen-bond acceptors (Lipinski definition) is 4. The van der Waals surface area contributed by atoms with E-state index in [-0.39, 0.29) is 46.4 Å². The zero-order valence-electron chi connectivity index (χ0n) is 17.1. The molecule has 0 atom stereocenters. The number of nitrogens with zero attached hydrogens (tertiary/aromatic N) is 3. The molecular formula is C21H24F3N3NaO-. The topological polar surface area (TPSA) is 49.2 Å². The zero-order valence-corrected chi connectivity index (χ0v) is 19.1. The van der Waals surface area contributed by atoms with E-state index in [1.165, 1.54) is 58.0 Å². The van der Waals surface area contributed by atoms with Crippen molar-refractivity contribution in [2.75, 3.05) is 19.6 Å². The Balaban J connectivity index is 0.000000394. The molecule has 1 N–H and O–H groups in total. The van der Waals surface area contributed by atoms with Crippen molar-refractivity contribution in [1.82, 2.24) is 15.1 Å². The normalized spacial score (nSPS) is 14.4. The van der Waals surface area contributed by atoms with Crippen LogP contribution in [0.4, 0.5) is 13.2 Å². The van der Waals surface area contributed by atoms with Gasteiger partial charge in [0.25, 0.3) is 0 Å². The van der Waals surface area contributed by atoms with Crippen molar-refractivity contribution in [2.24, 2.45) is 0 Å². The van der Waals surface area contributed by atoms with E-state index in [1.54, 1.807) is 0 Å². The van der Waals surface area contributed by atoms with E-state index >= 15 is 0 Å². The van der Waals surface area contributed by atoms with Crippen LogP contribution in [0, 0.1) is 19.7 Å². The van der Waals surface area contributed by atoms with Crippen molar-refractivity contribution in [3.05, 3.63) is 47.7 Å². The maximum atomic E-state index is 12.6. The van der Waals surface area contributed by atoms with E-state index in [1.807, 2.05) is 0 Å². The molecule has 0 unspecified atom stereocenters. The van der Waals surface area contributed by atoms with Gasteiger partial charge >= 0.3 is 35.7 Å². The predicted molar refractivity (Wildman–Crippen MR) is 102 cm³/mol. The summed E-state index contributed by atoms with van der Waals surface area (Å²) in [5, 5.41) is 17.1. The van der Waals surface area contributed by atoms with E-state index in [4.69, 9.17) is 6.58 Å². The van der Waals surface area contributed by atoms with Gasteiger partial charge in [-0.2, -0.15) is 18.3 Å². The number of halogens is 3. The molecule has 1 aliphatic rings. The average molecular weight is 414 g/mol. The minimum Gasteiger partial charge on any atom is -0.507 e. The van der Waals surface area contributed by atoms with E-state index in [9.17, 15) is 18.3 Å². The molecular weight excluding hydrogens is 390 g/mol. The van der Waals surface area contributed by atoms with Gasteiger partial charge in [0.15, 0.2) is 0 Å². The van der Waals surface area contributed by atoms with Crippen molar-refractivity contribution in [1.29, 1.82) is 0 Å². The number of hydrogen-bond donors (Lipinski definition) is 1. The van der Waals surface area contributed by atoms with E-state index in [0.29, 0.717) is 11.6 Å². The summed E-state index contributed by atoms with van der Waals surface area (Å²) in [5.41, 5.74) is 0.151. The fraction of sp³-hybridized carbons (Fsp3) is 0.429. The van der Waals surface area contributed by atoms with Crippen LogP contribution >= 0.6 is 0 Å². The van der Waals surface area contributed by atoms with Crippen molar-refractivity contribution in [3.8, 4) is 17.0 Å². The summed E-state index contributed by atoms with van der Waals surface area (Å²) in [6.07, 6.45) is 3.51. The molecule has 8 heteroatoms. The van der Waals surface area contributed by atoms with Gasteiger partial charge in [0.2, 0.25) is 0 Å². The first-order chi connectivity index (χ1) is 13.3. The predicted octanol–water partition coefficient (Wildman–Crippen LogP) is 1.92. The number of aromatic hydroxyl groups is 1. The number of rotatable bonds is 3. The van der Waals surface area contributed by atoms with E-state index in [0.717, 1.165) is 6.07 Å². The number of alkyl halides is 3. The summed E-state index contributed by atoms with van der Waals surface area (Å²) in [5.74, 6) is -0.513. The second-order valence-corrected chi connectivity index (χ2v) is 6.64. The van der Waals surface area contributed by atoms with Crippen LogP contribution in [-0.2, 0) is 6.18 Å². The monoisotopic (exact) mass is 414 g/mol. The molecule has 1 aromatic carbocycles. The van der Waals surface area contributed by atoms with Crippen molar-refractivity contribution >= 4 is 6.08 Å².